The van der Waals surface area contributed by atoms with Gasteiger partial charge in [-0.3, -0.25) is 14.3 Å². The predicted molar refractivity (Wildman–Crippen MR) is 85.6 cm³/mol. The second kappa shape index (κ2) is 7.13. The number of nitrogens with zero attached hydrogens (tertiary/aromatic N) is 3. The van der Waals surface area contributed by atoms with Crippen molar-refractivity contribution >= 4 is 11.9 Å². The Kier molecular flexibility index (Phi) is 5.20. The molecule has 0 fully saturated rings. The topological polar surface area (TPSA) is 78.2 Å². The molecule has 23 heavy (non-hydrogen) atoms. The quantitative estimate of drug-likeness (QED) is 0.819. The second-order valence-corrected chi connectivity index (χ2v) is 5.27. The van der Waals surface area contributed by atoms with Crippen LogP contribution >= 0.6 is 0 Å². The van der Waals surface area contributed by atoms with E-state index in [1.165, 1.54) is 6.20 Å². The molecule has 124 valence electrons. The van der Waals surface area contributed by atoms with Crippen LogP contribution in [0.25, 0.3) is 5.82 Å². The van der Waals surface area contributed by atoms with Crippen molar-refractivity contribution in [2.75, 3.05) is 13.2 Å². The zero-order valence-electron chi connectivity index (χ0n) is 13.9. The lowest BCUT2D eigenvalue weighted by molar-refractivity contribution is -0.142. The summed E-state index contributed by atoms with van der Waals surface area (Å²) in [6.07, 6.45) is 1.69. The van der Waals surface area contributed by atoms with Crippen LogP contribution in [0.5, 0.6) is 0 Å². The maximum absolute atomic E-state index is 12.4. The molecule has 2 aromatic heterocycles. The highest BCUT2D eigenvalue weighted by Gasteiger charge is 2.19. The Morgan fingerprint density at radius 3 is 2.52 bits per heavy atom. The number of aromatic nitrogens is 3. The number of hydrogen-bond acceptors (Lipinski definition) is 4. The fraction of sp³-hybridized carbons (Fsp3) is 0.438. The van der Waals surface area contributed by atoms with Crippen LogP contribution in [0.15, 0.2) is 18.3 Å². The number of carbonyl (C=O) groups excluding carboxylic acids is 2. The van der Waals surface area contributed by atoms with Crippen molar-refractivity contribution in [2.24, 2.45) is 7.05 Å². The predicted octanol–water partition coefficient (Wildman–Crippen LogP) is 1.51. The van der Waals surface area contributed by atoms with Crippen LogP contribution in [-0.2, 0) is 16.6 Å². The Labute approximate surface area is 135 Å². The molecule has 0 aliphatic carbocycles. The van der Waals surface area contributed by atoms with Crippen molar-refractivity contribution in [3.8, 4) is 5.82 Å². The number of carbonyl (C=O) groups is 2. The minimum Gasteiger partial charge on any atom is -0.466 e. The summed E-state index contributed by atoms with van der Waals surface area (Å²) in [5.74, 6) is 0.125. The summed E-state index contributed by atoms with van der Waals surface area (Å²) in [5.41, 5.74) is 2.51. The summed E-state index contributed by atoms with van der Waals surface area (Å²) >= 11 is 0. The third-order valence-corrected chi connectivity index (χ3v) is 3.56. The highest BCUT2D eigenvalue weighted by molar-refractivity contribution is 5.97. The van der Waals surface area contributed by atoms with E-state index in [4.69, 9.17) is 4.74 Å². The van der Waals surface area contributed by atoms with Crippen LogP contribution < -0.4 is 5.32 Å². The number of hydrogen-bond donors (Lipinski definition) is 1. The molecule has 7 nitrogen and oxygen atoms in total. The highest BCUT2D eigenvalue weighted by Crippen LogP contribution is 2.19. The minimum absolute atomic E-state index is 0.150. The number of aryl methyl sites for hydroxylation is 3. The molecule has 1 N–H and O–H groups in total. The van der Waals surface area contributed by atoms with Gasteiger partial charge in [-0.2, -0.15) is 5.10 Å². The molecule has 1 amide bonds. The summed E-state index contributed by atoms with van der Waals surface area (Å²) in [6, 6.07) is 3.98. The van der Waals surface area contributed by atoms with Gasteiger partial charge in [-0.1, -0.05) is 0 Å². The third kappa shape index (κ3) is 3.61. The summed E-state index contributed by atoms with van der Waals surface area (Å²) in [4.78, 5) is 23.7. The zero-order chi connectivity index (χ0) is 17.0. The highest BCUT2D eigenvalue weighted by atomic mass is 16.5. The summed E-state index contributed by atoms with van der Waals surface area (Å²) in [5, 5.41) is 6.93. The Balaban J connectivity index is 2.15. The molecule has 0 unspecified atom stereocenters. The van der Waals surface area contributed by atoms with Gasteiger partial charge >= 0.3 is 5.97 Å². The van der Waals surface area contributed by atoms with Crippen molar-refractivity contribution in [1.29, 1.82) is 0 Å². The molecule has 0 radical (unpaired) electrons. The average molecular weight is 318 g/mol. The van der Waals surface area contributed by atoms with Gasteiger partial charge in [0.25, 0.3) is 5.91 Å². The lowest BCUT2D eigenvalue weighted by Gasteiger charge is -2.12. The first-order chi connectivity index (χ1) is 11.0. The van der Waals surface area contributed by atoms with Crippen LogP contribution in [0.4, 0.5) is 0 Å². The Morgan fingerprint density at radius 2 is 1.91 bits per heavy atom. The minimum atomic E-state index is -0.323. The van der Waals surface area contributed by atoms with Crippen LogP contribution in [0, 0.1) is 13.8 Å². The van der Waals surface area contributed by atoms with E-state index in [1.54, 1.807) is 18.7 Å². The zero-order valence-corrected chi connectivity index (χ0v) is 13.9. The van der Waals surface area contributed by atoms with Gasteiger partial charge in [0.05, 0.1) is 19.2 Å². The first kappa shape index (κ1) is 16.8. The van der Waals surface area contributed by atoms with Gasteiger partial charge in [0.15, 0.2) is 0 Å². The molecular formula is C16H22N4O3. The van der Waals surface area contributed by atoms with Crippen LogP contribution in [0.2, 0.25) is 0 Å². The van der Waals surface area contributed by atoms with Crippen molar-refractivity contribution in [3.63, 3.8) is 0 Å². The largest absolute Gasteiger partial charge is 0.466 e. The standard InChI is InChI=1S/C16H22N4O3/c1-5-23-14(21)8-9-17-15(22)13-10-18-19(4)16(13)20-11(2)6-7-12(20)3/h6-7,10H,5,8-9H2,1-4H3,(H,17,22). The normalized spacial score (nSPS) is 10.6. The van der Waals surface area contributed by atoms with E-state index in [-0.39, 0.29) is 24.8 Å². The van der Waals surface area contributed by atoms with Gasteiger partial charge in [0.1, 0.15) is 11.4 Å². The van der Waals surface area contributed by atoms with E-state index in [2.05, 4.69) is 10.4 Å². The molecule has 0 aliphatic rings. The monoisotopic (exact) mass is 318 g/mol. The molecule has 2 rings (SSSR count). The van der Waals surface area contributed by atoms with Crippen LogP contribution in [0.3, 0.4) is 0 Å². The van der Waals surface area contributed by atoms with Gasteiger partial charge in [-0.15, -0.1) is 0 Å². The maximum Gasteiger partial charge on any atom is 0.307 e. The molecule has 0 aromatic carbocycles. The first-order valence-corrected chi connectivity index (χ1v) is 7.56. The number of nitrogens with one attached hydrogen (secondary N) is 1. The maximum atomic E-state index is 12.4. The lowest BCUT2D eigenvalue weighted by Crippen LogP contribution is -2.27. The van der Waals surface area contributed by atoms with Crippen molar-refractivity contribution < 1.29 is 14.3 Å². The van der Waals surface area contributed by atoms with E-state index in [1.807, 2.05) is 30.5 Å². The fourth-order valence-electron chi connectivity index (χ4n) is 2.47. The van der Waals surface area contributed by atoms with E-state index in [0.29, 0.717) is 18.0 Å². The molecular weight excluding hydrogens is 296 g/mol. The number of ether oxygens (including phenoxy) is 1. The summed E-state index contributed by atoms with van der Waals surface area (Å²) < 4.78 is 8.48. The van der Waals surface area contributed by atoms with Crippen LogP contribution in [-0.4, -0.2) is 39.4 Å². The van der Waals surface area contributed by atoms with Gasteiger partial charge in [-0.25, -0.2) is 0 Å². The van der Waals surface area contributed by atoms with Crippen molar-refractivity contribution in [1.82, 2.24) is 19.7 Å². The molecule has 2 heterocycles. The SMILES string of the molecule is CCOC(=O)CCNC(=O)c1cnn(C)c1-n1c(C)ccc1C. The van der Waals surface area contributed by atoms with Crippen LogP contribution in [0.1, 0.15) is 35.1 Å². The molecule has 0 bridgehead atoms. The van der Waals surface area contributed by atoms with E-state index >= 15 is 0 Å². The smallest absolute Gasteiger partial charge is 0.307 e. The van der Waals surface area contributed by atoms with Gasteiger partial charge in [0.2, 0.25) is 0 Å². The Hall–Kier alpha value is -2.57. The Bertz CT molecular complexity index is 695. The molecule has 2 aromatic rings. The molecule has 7 heteroatoms. The average Bonchev–Trinajstić information content (AvgIpc) is 3.02. The third-order valence-electron chi connectivity index (χ3n) is 3.56. The van der Waals surface area contributed by atoms with E-state index in [9.17, 15) is 9.59 Å². The number of amides is 1. The fourth-order valence-corrected chi connectivity index (χ4v) is 2.47. The molecule has 0 saturated heterocycles. The molecule has 0 aliphatic heterocycles. The van der Waals surface area contributed by atoms with E-state index in [0.717, 1.165) is 11.4 Å². The van der Waals surface area contributed by atoms with Crippen molar-refractivity contribution in [2.45, 2.75) is 27.2 Å². The van der Waals surface area contributed by atoms with Gasteiger partial charge in [0, 0.05) is 25.0 Å². The summed E-state index contributed by atoms with van der Waals surface area (Å²) in [6.45, 7) is 6.27. The number of rotatable bonds is 6. The molecule has 0 atom stereocenters. The molecule has 0 spiro atoms. The molecule has 0 saturated carbocycles. The van der Waals surface area contributed by atoms with E-state index < -0.39 is 0 Å². The lowest BCUT2D eigenvalue weighted by atomic mass is 10.2. The second-order valence-electron chi connectivity index (χ2n) is 5.27. The number of esters is 1. The van der Waals surface area contributed by atoms with Gasteiger partial charge in [-0.05, 0) is 32.9 Å². The summed E-state index contributed by atoms with van der Waals surface area (Å²) in [7, 11) is 1.80. The first-order valence-electron chi connectivity index (χ1n) is 7.56. The van der Waals surface area contributed by atoms with Gasteiger partial charge < -0.3 is 14.6 Å². The van der Waals surface area contributed by atoms with Crippen molar-refractivity contribution in [3.05, 3.63) is 35.3 Å². The Morgan fingerprint density at radius 1 is 1.26 bits per heavy atom.